The van der Waals surface area contributed by atoms with E-state index in [0.717, 1.165) is 23.8 Å². The Hall–Kier alpha value is -1.10. The molecular formula is C15H24N2O2S. The average molecular weight is 296 g/mol. The molecule has 1 unspecified atom stereocenters. The minimum atomic E-state index is -0.841. The van der Waals surface area contributed by atoms with E-state index in [4.69, 9.17) is 0 Å². The van der Waals surface area contributed by atoms with Crippen LogP contribution >= 0.6 is 11.3 Å². The number of hydrogen-bond donors (Lipinski definition) is 1. The number of aromatic carboxylic acids is 1. The van der Waals surface area contributed by atoms with Gasteiger partial charge in [-0.05, 0) is 32.1 Å². The molecule has 0 radical (unpaired) electrons. The van der Waals surface area contributed by atoms with Gasteiger partial charge in [0.15, 0.2) is 5.13 Å². The molecule has 0 bridgehead atoms. The van der Waals surface area contributed by atoms with Crippen molar-refractivity contribution in [1.82, 2.24) is 4.98 Å². The molecule has 1 aliphatic rings. The highest BCUT2D eigenvalue weighted by Gasteiger charge is 2.27. The molecule has 4 nitrogen and oxygen atoms in total. The third-order valence-corrected chi connectivity index (χ3v) is 5.36. The highest BCUT2D eigenvalue weighted by atomic mass is 32.1. The van der Waals surface area contributed by atoms with Gasteiger partial charge in [0, 0.05) is 12.6 Å². The molecule has 0 aromatic carbocycles. The molecule has 1 aromatic rings. The van der Waals surface area contributed by atoms with Gasteiger partial charge in [0.25, 0.3) is 0 Å². The van der Waals surface area contributed by atoms with Crippen LogP contribution in [0.15, 0.2) is 0 Å². The maximum absolute atomic E-state index is 11.4. The molecule has 2 rings (SSSR count). The molecule has 0 amide bonds. The molecule has 1 fully saturated rings. The van der Waals surface area contributed by atoms with Crippen molar-refractivity contribution in [1.29, 1.82) is 0 Å². The van der Waals surface area contributed by atoms with Crippen LogP contribution in [-0.2, 0) is 0 Å². The van der Waals surface area contributed by atoms with Crippen molar-refractivity contribution >= 4 is 22.4 Å². The predicted molar refractivity (Wildman–Crippen MR) is 83.1 cm³/mol. The van der Waals surface area contributed by atoms with E-state index in [1.165, 1.54) is 37.0 Å². The van der Waals surface area contributed by atoms with E-state index in [2.05, 4.69) is 30.7 Å². The summed E-state index contributed by atoms with van der Waals surface area (Å²) < 4.78 is 0. The standard InChI is InChI=1S/C15H24N2O2S/c1-4-10(3)12-13(14(18)19)20-15(16-12)17(5-2)11-8-6-7-9-11/h10-11H,4-9H2,1-3H3,(H,18,19). The first-order valence-corrected chi connectivity index (χ1v) is 8.40. The van der Waals surface area contributed by atoms with Gasteiger partial charge >= 0.3 is 5.97 Å². The summed E-state index contributed by atoms with van der Waals surface area (Å²) >= 11 is 1.35. The number of carbonyl (C=O) groups is 1. The summed E-state index contributed by atoms with van der Waals surface area (Å²) in [6.45, 7) is 7.15. The lowest BCUT2D eigenvalue weighted by Crippen LogP contribution is -2.32. The van der Waals surface area contributed by atoms with Crippen LogP contribution in [-0.4, -0.2) is 28.6 Å². The average Bonchev–Trinajstić information content (AvgIpc) is 3.08. The van der Waals surface area contributed by atoms with Gasteiger partial charge in [-0.3, -0.25) is 0 Å². The van der Waals surface area contributed by atoms with Crippen molar-refractivity contribution < 1.29 is 9.90 Å². The minimum Gasteiger partial charge on any atom is -0.477 e. The van der Waals surface area contributed by atoms with Crippen LogP contribution in [0.4, 0.5) is 5.13 Å². The molecule has 0 spiro atoms. The summed E-state index contributed by atoms with van der Waals surface area (Å²) in [5, 5.41) is 10.3. The van der Waals surface area contributed by atoms with E-state index >= 15 is 0 Å². The summed E-state index contributed by atoms with van der Waals surface area (Å²) in [6, 6.07) is 0.539. The van der Waals surface area contributed by atoms with Gasteiger partial charge in [-0.25, -0.2) is 9.78 Å². The Labute approximate surface area is 124 Å². The first-order chi connectivity index (χ1) is 9.58. The lowest BCUT2D eigenvalue weighted by molar-refractivity contribution is 0.0700. The lowest BCUT2D eigenvalue weighted by Gasteiger charge is -2.27. The number of hydrogen-bond acceptors (Lipinski definition) is 4. The first-order valence-electron chi connectivity index (χ1n) is 7.59. The molecule has 1 heterocycles. The predicted octanol–water partition coefficient (Wildman–Crippen LogP) is 4.12. The maximum atomic E-state index is 11.4. The zero-order valence-electron chi connectivity index (χ0n) is 12.6. The highest BCUT2D eigenvalue weighted by molar-refractivity contribution is 7.17. The normalized spacial score (nSPS) is 17.4. The number of anilines is 1. The van der Waals surface area contributed by atoms with Crippen LogP contribution in [0.2, 0.25) is 0 Å². The molecule has 20 heavy (non-hydrogen) atoms. The number of carboxylic acids is 1. The zero-order chi connectivity index (χ0) is 14.7. The Balaban J connectivity index is 2.33. The van der Waals surface area contributed by atoms with Gasteiger partial charge in [-0.1, -0.05) is 38.0 Å². The van der Waals surface area contributed by atoms with E-state index in [1.54, 1.807) is 0 Å². The van der Waals surface area contributed by atoms with Gasteiger partial charge in [-0.15, -0.1) is 0 Å². The molecule has 1 aromatic heterocycles. The summed E-state index contributed by atoms with van der Waals surface area (Å²) in [7, 11) is 0. The van der Waals surface area contributed by atoms with Crippen molar-refractivity contribution in [3.05, 3.63) is 10.6 Å². The second-order valence-electron chi connectivity index (χ2n) is 5.55. The molecule has 1 atom stereocenters. The quantitative estimate of drug-likeness (QED) is 0.857. The van der Waals surface area contributed by atoms with Crippen LogP contribution in [0, 0.1) is 0 Å². The summed E-state index contributed by atoms with van der Waals surface area (Å²) in [6.07, 6.45) is 5.87. The minimum absolute atomic E-state index is 0.202. The molecule has 1 saturated carbocycles. The highest BCUT2D eigenvalue weighted by Crippen LogP contribution is 2.35. The summed E-state index contributed by atoms with van der Waals surface area (Å²) in [5.41, 5.74) is 0.761. The van der Waals surface area contributed by atoms with E-state index in [-0.39, 0.29) is 5.92 Å². The fourth-order valence-electron chi connectivity index (χ4n) is 2.89. The van der Waals surface area contributed by atoms with E-state index in [9.17, 15) is 9.90 Å². The Bertz CT molecular complexity index is 466. The van der Waals surface area contributed by atoms with Gasteiger partial charge in [0.05, 0.1) is 5.69 Å². The van der Waals surface area contributed by atoms with Gasteiger partial charge in [0.2, 0.25) is 0 Å². The summed E-state index contributed by atoms with van der Waals surface area (Å²) in [5.74, 6) is -0.639. The molecule has 5 heteroatoms. The van der Waals surface area contributed by atoms with Crippen molar-refractivity contribution in [2.45, 2.75) is 64.8 Å². The molecule has 1 aliphatic carbocycles. The second-order valence-corrected chi connectivity index (χ2v) is 6.53. The Morgan fingerprint density at radius 1 is 1.45 bits per heavy atom. The van der Waals surface area contributed by atoms with Crippen molar-refractivity contribution in [2.24, 2.45) is 0 Å². The molecule has 112 valence electrons. The van der Waals surface area contributed by atoms with E-state index in [1.807, 2.05) is 0 Å². The molecule has 0 aliphatic heterocycles. The number of aromatic nitrogens is 1. The monoisotopic (exact) mass is 296 g/mol. The van der Waals surface area contributed by atoms with Crippen LogP contribution in [0.5, 0.6) is 0 Å². The third-order valence-electron chi connectivity index (χ3n) is 4.27. The number of carboxylic acid groups (broad SMARTS) is 1. The van der Waals surface area contributed by atoms with Crippen molar-refractivity contribution in [3.63, 3.8) is 0 Å². The number of nitrogens with zero attached hydrogens (tertiary/aromatic N) is 2. The SMILES string of the molecule is CCC(C)c1nc(N(CC)C2CCCC2)sc1C(=O)O. The smallest absolute Gasteiger partial charge is 0.347 e. The van der Waals surface area contributed by atoms with Crippen LogP contribution < -0.4 is 4.90 Å². The third kappa shape index (κ3) is 2.97. The Kier molecular flexibility index (Phi) is 5.02. The van der Waals surface area contributed by atoms with E-state index in [0.29, 0.717) is 10.9 Å². The summed E-state index contributed by atoms with van der Waals surface area (Å²) in [4.78, 5) is 18.8. The maximum Gasteiger partial charge on any atom is 0.347 e. The van der Waals surface area contributed by atoms with Gasteiger partial charge in [0.1, 0.15) is 4.88 Å². The lowest BCUT2D eigenvalue weighted by atomic mass is 10.0. The molecular weight excluding hydrogens is 272 g/mol. The van der Waals surface area contributed by atoms with Crippen LogP contribution in [0.1, 0.15) is 74.2 Å². The van der Waals surface area contributed by atoms with Gasteiger partial charge in [-0.2, -0.15) is 0 Å². The van der Waals surface area contributed by atoms with Gasteiger partial charge < -0.3 is 10.0 Å². The van der Waals surface area contributed by atoms with Crippen LogP contribution in [0.25, 0.3) is 0 Å². The van der Waals surface area contributed by atoms with Crippen molar-refractivity contribution in [2.75, 3.05) is 11.4 Å². The second kappa shape index (κ2) is 6.57. The van der Waals surface area contributed by atoms with E-state index < -0.39 is 5.97 Å². The topological polar surface area (TPSA) is 53.4 Å². The van der Waals surface area contributed by atoms with Crippen LogP contribution in [0.3, 0.4) is 0 Å². The fraction of sp³-hybridized carbons (Fsp3) is 0.733. The Morgan fingerprint density at radius 2 is 2.10 bits per heavy atom. The fourth-order valence-corrected chi connectivity index (χ4v) is 4.05. The largest absolute Gasteiger partial charge is 0.477 e. The first kappa shape index (κ1) is 15.3. The number of rotatable bonds is 6. The number of thiazole rings is 1. The molecule has 0 saturated heterocycles. The van der Waals surface area contributed by atoms with Crippen molar-refractivity contribution in [3.8, 4) is 0 Å². The zero-order valence-corrected chi connectivity index (χ0v) is 13.4. The molecule has 1 N–H and O–H groups in total. The Morgan fingerprint density at radius 3 is 2.60 bits per heavy atom.